The molecule has 1 N–H and O–H groups in total. The SMILES string of the molecule is COCCOCCOCCOCCC1(C)/C(=C\C=C\C2=[N+](CCOC)c3ccc4ccc(S(=O)(=O)[O-])cc4c3C2(C)CCCS(=O)(=O)[O-])N(CCCCCC(=O)O)c2ccc3c(S(=O)(=O)[O-])cc(S(=O)(=O)[O-])cc3c21. The largest absolute Gasteiger partial charge is 0.748 e. The standard InChI is InChI=1S/C50H64N2O19S4/c1-49(19-9-31-72(55,56)57)44(52(22-24-67-3)41-17-14-35-13-15-36(73(58,59)60)32-39(35)47(41)49)10-8-11-45-50(2,20-23-69-27-28-71-30-29-70-26-25-68-4)48-40-33-37(74(61,62)63)34-43(75(64,65)66)38(40)16-18-42(48)51(45)21-7-5-6-12-46(53)54/h8,10-11,13-18,32-34H,5-7,9,12,19-31H2,1-4H3,(H4-,53,54,55,56,57,58,59,60,61,62,63,64,65,66)/p-3. The lowest BCUT2D eigenvalue weighted by atomic mass is 9.74. The van der Waals surface area contributed by atoms with Gasteiger partial charge in [-0.25, -0.2) is 33.7 Å². The summed E-state index contributed by atoms with van der Waals surface area (Å²) in [4.78, 5) is 11.0. The number of benzene rings is 4. The van der Waals surface area contributed by atoms with Crippen molar-refractivity contribution in [1.29, 1.82) is 0 Å². The van der Waals surface area contributed by atoms with E-state index in [0.717, 1.165) is 6.07 Å². The summed E-state index contributed by atoms with van der Waals surface area (Å²) in [7, 11) is -17.3. The number of fused-ring (bicyclic) bond motifs is 6. The summed E-state index contributed by atoms with van der Waals surface area (Å²) in [6.45, 7) is 6.10. The fourth-order valence-electron chi connectivity index (χ4n) is 10.1. The molecule has 0 amide bonds. The number of rotatable bonds is 30. The number of aliphatic carboxylic acids is 1. The molecular weight excluding hydrogens is 1060 g/mol. The number of hydrogen-bond acceptors (Lipinski definition) is 19. The zero-order valence-corrected chi connectivity index (χ0v) is 45.2. The highest BCUT2D eigenvalue weighted by Crippen LogP contribution is 2.54. The summed E-state index contributed by atoms with van der Waals surface area (Å²) < 4.78 is 179. The first-order valence-electron chi connectivity index (χ1n) is 24.0. The van der Waals surface area contributed by atoms with Crippen molar-refractivity contribution in [3.63, 3.8) is 0 Å². The van der Waals surface area contributed by atoms with Crippen LogP contribution in [0.15, 0.2) is 93.2 Å². The second-order valence-corrected chi connectivity index (χ2v) is 24.2. The Morgan fingerprint density at radius 1 is 0.653 bits per heavy atom. The molecule has 4 aromatic carbocycles. The molecule has 412 valence electrons. The third-order valence-electron chi connectivity index (χ3n) is 13.6. The Hall–Kier alpha value is -4.74. The minimum absolute atomic E-state index is 0.0000119. The molecule has 6 rings (SSSR count). The average Bonchev–Trinajstić information content (AvgIpc) is 3.70. The molecule has 75 heavy (non-hydrogen) atoms. The van der Waals surface area contributed by atoms with Gasteiger partial charge in [-0.1, -0.05) is 24.6 Å². The van der Waals surface area contributed by atoms with Gasteiger partial charge in [0, 0.05) is 74.1 Å². The van der Waals surface area contributed by atoms with Crippen molar-refractivity contribution in [3.8, 4) is 0 Å². The maximum absolute atomic E-state index is 12.8. The van der Waals surface area contributed by atoms with Crippen molar-refractivity contribution in [2.75, 3.05) is 90.8 Å². The van der Waals surface area contributed by atoms with Gasteiger partial charge in [-0.15, -0.1) is 0 Å². The van der Waals surface area contributed by atoms with Crippen molar-refractivity contribution in [2.24, 2.45) is 0 Å². The van der Waals surface area contributed by atoms with Gasteiger partial charge in [0.2, 0.25) is 5.69 Å². The fourth-order valence-corrected chi connectivity index (χ4v) is 12.4. The highest BCUT2D eigenvalue weighted by molar-refractivity contribution is 7.87. The van der Waals surface area contributed by atoms with Crippen LogP contribution in [0, 0.1) is 0 Å². The fraction of sp³-hybridized carbons (Fsp3) is 0.480. The van der Waals surface area contributed by atoms with Gasteiger partial charge in [-0.3, -0.25) is 4.79 Å². The molecule has 2 heterocycles. The van der Waals surface area contributed by atoms with Crippen molar-refractivity contribution in [2.45, 2.75) is 84.3 Å². The van der Waals surface area contributed by atoms with Crippen LogP contribution in [0.25, 0.3) is 21.5 Å². The van der Waals surface area contributed by atoms with Crippen LogP contribution in [-0.2, 0) is 79.8 Å². The molecule has 2 aliphatic heterocycles. The second-order valence-electron chi connectivity index (χ2n) is 18.6. The molecule has 4 aromatic rings. The molecular formula is C50H61N2O19S4-3. The molecule has 0 saturated carbocycles. The maximum atomic E-state index is 12.8. The number of carbonyl (C=O) groups is 1. The quantitative estimate of drug-likeness (QED) is 0.0408. The second kappa shape index (κ2) is 24.7. The van der Waals surface area contributed by atoms with Gasteiger partial charge in [0.05, 0.1) is 69.9 Å². The van der Waals surface area contributed by atoms with Crippen LogP contribution >= 0.6 is 0 Å². The number of ether oxygens (including phenoxy) is 5. The summed E-state index contributed by atoms with van der Waals surface area (Å²) in [6, 6.07) is 12.1. The number of nitrogens with zero attached hydrogens (tertiary/aromatic N) is 2. The molecule has 25 heteroatoms. The van der Waals surface area contributed by atoms with Crippen LogP contribution in [0.2, 0.25) is 0 Å². The lowest BCUT2D eigenvalue weighted by molar-refractivity contribution is -0.441. The Morgan fingerprint density at radius 3 is 1.89 bits per heavy atom. The number of anilines is 1. The summed E-state index contributed by atoms with van der Waals surface area (Å²) >= 11 is 0. The minimum Gasteiger partial charge on any atom is -0.748 e. The lowest BCUT2D eigenvalue weighted by Crippen LogP contribution is -2.33. The number of methoxy groups -OCH3 is 2. The molecule has 0 bridgehead atoms. The van der Waals surface area contributed by atoms with Crippen LogP contribution in [0.4, 0.5) is 11.4 Å². The zero-order chi connectivity index (χ0) is 55.0. The van der Waals surface area contributed by atoms with Crippen molar-refractivity contribution in [3.05, 3.63) is 89.6 Å². The zero-order valence-electron chi connectivity index (χ0n) is 42.0. The highest BCUT2D eigenvalue weighted by Gasteiger charge is 2.49. The van der Waals surface area contributed by atoms with Gasteiger partial charge < -0.3 is 51.9 Å². The molecule has 0 radical (unpaired) electrons. The summed E-state index contributed by atoms with van der Waals surface area (Å²) in [5, 5.41) is 10.2. The molecule has 21 nitrogen and oxygen atoms in total. The van der Waals surface area contributed by atoms with E-state index in [0.29, 0.717) is 89.8 Å². The lowest BCUT2D eigenvalue weighted by Gasteiger charge is -2.31. The van der Waals surface area contributed by atoms with Crippen molar-refractivity contribution >= 4 is 85.1 Å². The molecule has 0 spiro atoms. The first-order valence-corrected chi connectivity index (χ1v) is 29.8. The van der Waals surface area contributed by atoms with E-state index in [1.807, 2.05) is 29.4 Å². The van der Waals surface area contributed by atoms with E-state index in [2.05, 4.69) is 0 Å². The first kappa shape index (κ1) is 59.5. The van der Waals surface area contributed by atoms with Crippen LogP contribution in [0.5, 0.6) is 0 Å². The van der Waals surface area contributed by atoms with E-state index >= 15 is 0 Å². The Bertz CT molecular complexity index is 3320. The smallest absolute Gasteiger partial charge is 0.303 e. The van der Waals surface area contributed by atoms with Gasteiger partial charge in [-0.2, -0.15) is 4.58 Å². The Labute approximate surface area is 437 Å². The topological polar surface area (TPSA) is 318 Å². The third-order valence-corrected chi connectivity index (χ3v) is 16.9. The van der Waals surface area contributed by atoms with Gasteiger partial charge >= 0.3 is 5.97 Å². The van der Waals surface area contributed by atoms with E-state index in [9.17, 15) is 61.8 Å². The monoisotopic (exact) mass is 1120 g/mol. The minimum atomic E-state index is -5.38. The van der Waals surface area contributed by atoms with Gasteiger partial charge in [0.15, 0.2) is 12.3 Å². The molecule has 2 aliphatic rings. The molecule has 0 saturated heterocycles. The van der Waals surface area contributed by atoms with Crippen LogP contribution < -0.4 is 4.90 Å². The predicted octanol–water partition coefficient (Wildman–Crippen LogP) is 4.98. The van der Waals surface area contributed by atoms with Crippen LogP contribution in [0.3, 0.4) is 0 Å². The highest BCUT2D eigenvalue weighted by atomic mass is 32.2. The maximum Gasteiger partial charge on any atom is 0.303 e. The number of unbranched alkanes of at least 4 members (excludes halogenated alkanes) is 2. The van der Waals surface area contributed by atoms with E-state index in [-0.39, 0.29) is 82.6 Å². The Balaban J connectivity index is 1.55. The predicted molar refractivity (Wildman–Crippen MR) is 272 cm³/mol. The van der Waals surface area contributed by atoms with Crippen molar-refractivity contribution in [1.82, 2.24) is 0 Å². The normalized spacial score (nSPS) is 18.8. The molecule has 0 aromatic heterocycles. The molecule has 0 aliphatic carbocycles. The molecule has 2 unspecified atom stereocenters. The average molecular weight is 1120 g/mol. The Kier molecular flexibility index (Phi) is 19.6. The molecule has 0 fully saturated rings. The van der Waals surface area contributed by atoms with Gasteiger partial charge in [0.25, 0.3) is 0 Å². The molecule has 2 atom stereocenters. The van der Waals surface area contributed by atoms with Crippen LogP contribution in [0.1, 0.15) is 69.9 Å². The van der Waals surface area contributed by atoms with E-state index in [1.165, 1.54) is 31.4 Å². The number of carboxylic acids is 1. The summed E-state index contributed by atoms with van der Waals surface area (Å²) in [5.41, 5.74) is 0.756. The van der Waals surface area contributed by atoms with Crippen LogP contribution in [-0.4, -0.2) is 159 Å². The third kappa shape index (κ3) is 14.3. The van der Waals surface area contributed by atoms with Crippen molar-refractivity contribution < 1.29 is 90.0 Å². The van der Waals surface area contributed by atoms with E-state index in [1.54, 1.807) is 37.5 Å². The number of hydrogen-bond donors (Lipinski definition) is 1. The van der Waals surface area contributed by atoms with Gasteiger partial charge in [-0.05, 0) is 116 Å². The first-order chi connectivity index (χ1) is 35.3. The van der Waals surface area contributed by atoms with E-state index < -0.39 is 77.7 Å². The van der Waals surface area contributed by atoms with Gasteiger partial charge in [0.1, 0.15) is 37.0 Å². The summed E-state index contributed by atoms with van der Waals surface area (Å²) in [6.07, 6.45) is 6.53. The Morgan fingerprint density at radius 2 is 1.28 bits per heavy atom. The summed E-state index contributed by atoms with van der Waals surface area (Å²) in [5.74, 6) is -1.69. The number of allylic oxidation sites excluding steroid dienone is 4. The van der Waals surface area contributed by atoms with E-state index in [4.69, 9.17) is 23.7 Å². The number of carboxylic acid groups (broad SMARTS) is 1.